The number of benzene rings is 1. The van der Waals surface area contributed by atoms with Crippen molar-refractivity contribution in [2.75, 3.05) is 5.73 Å². The summed E-state index contributed by atoms with van der Waals surface area (Å²) in [5, 5.41) is 2.05. The molecule has 0 spiro atoms. The lowest BCUT2D eigenvalue weighted by molar-refractivity contribution is -0.121. The van der Waals surface area contributed by atoms with Gasteiger partial charge in [-0.3, -0.25) is 9.00 Å². The maximum absolute atomic E-state index is 13.2. The van der Waals surface area contributed by atoms with E-state index in [9.17, 15) is 13.4 Å². The molecule has 6 heteroatoms. The SMILES string of the molecule is CCCC(C)NC(=O)C(C)S(=O)c1cc(N)cc(F)c1. The van der Waals surface area contributed by atoms with Gasteiger partial charge in [-0.15, -0.1) is 0 Å². The van der Waals surface area contributed by atoms with Crippen LogP contribution in [-0.2, 0) is 15.6 Å². The second-order valence-corrected chi connectivity index (χ2v) is 6.63. The fourth-order valence-corrected chi connectivity index (χ4v) is 3.02. The van der Waals surface area contributed by atoms with E-state index in [1.54, 1.807) is 6.92 Å². The number of nitrogens with two attached hydrogens (primary N) is 1. The highest BCUT2D eigenvalue weighted by Crippen LogP contribution is 2.17. The van der Waals surface area contributed by atoms with Crippen molar-refractivity contribution in [1.29, 1.82) is 0 Å². The fraction of sp³-hybridized carbons (Fsp3) is 0.500. The summed E-state index contributed by atoms with van der Waals surface area (Å²) in [7, 11) is -1.63. The Morgan fingerprint density at radius 1 is 1.40 bits per heavy atom. The molecule has 0 saturated heterocycles. The molecule has 1 amide bonds. The van der Waals surface area contributed by atoms with Gasteiger partial charge in [0.25, 0.3) is 0 Å². The van der Waals surface area contributed by atoms with Crippen LogP contribution in [0.4, 0.5) is 10.1 Å². The molecule has 0 fully saturated rings. The van der Waals surface area contributed by atoms with Crippen LogP contribution in [0.1, 0.15) is 33.6 Å². The first-order valence-electron chi connectivity index (χ1n) is 6.62. The standard InChI is InChI=1S/C14H21FN2O2S/c1-4-5-9(2)17-14(18)10(3)20(19)13-7-11(15)6-12(16)8-13/h6-10H,4-5,16H2,1-3H3,(H,17,18). The monoisotopic (exact) mass is 300 g/mol. The Morgan fingerprint density at radius 2 is 2.05 bits per heavy atom. The summed E-state index contributed by atoms with van der Waals surface area (Å²) in [6, 6.07) is 3.75. The van der Waals surface area contributed by atoms with E-state index < -0.39 is 21.9 Å². The molecule has 1 aromatic carbocycles. The Hall–Kier alpha value is -1.43. The summed E-state index contributed by atoms with van der Waals surface area (Å²) >= 11 is 0. The van der Waals surface area contributed by atoms with Crippen LogP contribution in [0.5, 0.6) is 0 Å². The highest BCUT2D eigenvalue weighted by Gasteiger charge is 2.23. The van der Waals surface area contributed by atoms with Crippen molar-refractivity contribution in [2.45, 2.75) is 49.8 Å². The Kier molecular flexibility index (Phi) is 6.13. The van der Waals surface area contributed by atoms with Gasteiger partial charge in [0.1, 0.15) is 11.1 Å². The van der Waals surface area contributed by atoms with Crippen LogP contribution in [0, 0.1) is 5.82 Å². The van der Waals surface area contributed by atoms with Crippen molar-refractivity contribution in [2.24, 2.45) is 0 Å². The smallest absolute Gasteiger partial charge is 0.236 e. The molecule has 112 valence electrons. The molecule has 0 heterocycles. The second kappa shape index (κ2) is 7.38. The Labute approximate surface area is 121 Å². The third-order valence-corrected chi connectivity index (χ3v) is 4.48. The summed E-state index contributed by atoms with van der Waals surface area (Å²) in [5.74, 6) is -0.854. The number of carbonyl (C=O) groups is 1. The zero-order valence-electron chi connectivity index (χ0n) is 12.0. The topological polar surface area (TPSA) is 72.2 Å². The highest BCUT2D eigenvalue weighted by atomic mass is 32.2. The van der Waals surface area contributed by atoms with E-state index in [0.717, 1.165) is 25.0 Å². The molecule has 0 aliphatic heterocycles. The predicted molar refractivity (Wildman–Crippen MR) is 79.2 cm³/mol. The predicted octanol–water partition coefficient (Wildman–Crippen LogP) is 2.21. The lowest BCUT2D eigenvalue weighted by atomic mass is 10.2. The minimum atomic E-state index is -1.63. The molecule has 0 aliphatic rings. The Bertz CT molecular complexity index is 488. The first-order valence-corrected chi connectivity index (χ1v) is 7.83. The van der Waals surface area contributed by atoms with Crippen LogP contribution in [0.15, 0.2) is 23.1 Å². The van der Waals surface area contributed by atoms with E-state index in [-0.39, 0.29) is 22.5 Å². The molecule has 3 atom stereocenters. The number of halogens is 1. The summed E-state index contributed by atoms with van der Waals surface area (Å²) < 4.78 is 25.5. The number of hydrogen-bond donors (Lipinski definition) is 2. The number of anilines is 1. The van der Waals surface area contributed by atoms with E-state index in [4.69, 9.17) is 5.73 Å². The second-order valence-electron chi connectivity index (χ2n) is 4.86. The van der Waals surface area contributed by atoms with E-state index in [0.29, 0.717) is 0 Å². The molecule has 0 radical (unpaired) electrons. The quantitative estimate of drug-likeness (QED) is 0.791. The van der Waals surface area contributed by atoms with Gasteiger partial charge in [0.05, 0.1) is 10.8 Å². The third-order valence-electron chi connectivity index (χ3n) is 2.93. The average molecular weight is 300 g/mol. The van der Waals surface area contributed by atoms with Crippen LogP contribution < -0.4 is 11.1 Å². The van der Waals surface area contributed by atoms with Gasteiger partial charge >= 0.3 is 0 Å². The van der Waals surface area contributed by atoms with E-state index in [2.05, 4.69) is 5.32 Å². The van der Waals surface area contributed by atoms with Crippen molar-refractivity contribution >= 4 is 22.4 Å². The van der Waals surface area contributed by atoms with Crippen LogP contribution >= 0.6 is 0 Å². The van der Waals surface area contributed by atoms with Gasteiger partial charge in [-0.1, -0.05) is 13.3 Å². The van der Waals surface area contributed by atoms with Crippen molar-refractivity contribution in [1.82, 2.24) is 5.32 Å². The van der Waals surface area contributed by atoms with Gasteiger partial charge < -0.3 is 11.1 Å². The van der Waals surface area contributed by atoms with E-state index >= 15 is 0 Å². The Morgan fingerprint density at radius 3 is 2.60 bits per heavy atom. The zero-order valence-corrected chi connectivity index (χ0v) is 12.8. The number of carbonyl (C=O) groups excluding carboxylic acids is 1. The maximum Gasteiger partial charge on any atom is 0.236 e. The van der Waals surface area contributed by atoms with Crippen LogP contribution in [0.3, 0.4) is 0 Å². The number of hydrogen-bond acceptors (Lipinski definition) is 3. The van der Waals surface area contributed by atoms with E-state index in [1.165, 1.54) is 6.07 Å². The molecular weight excluding hydrogens is 279 g/mol. The molecule has 0 bridgehead atoms. The number of nitrogen functional groups attached to an aromatic ring is 1. The molecule has 3 N–H and O–H groups in total. The van der Waals surface area contributed by atoms with Gasteiger partial charge in [0, 0.05) is 16.6 Å². The first kappa shape index (κ1) is 16.6. The maximum atomic E-state index is 13.2. The van der Waals surface area contributed by atoms with Crippen molar-refractivity contribution in [3.8, 4) is 0 Å². The number of rotatable bonds is 6. The minimum absolute atomic E-state index is 0.0320. The number of nitrogens with one attached hydrogen (secondary N) is 1. The third kappa shape index (κ3) is 4.59. The lowest BCUT2D eigenvalue weighted by Crippen LogP contribution is -2.40. The Balaban J connectivity index is 2.78. The highest BCUT2D eigenvalue weighted by molar-refractivity contribution is 7.86. The summed E-state index contributed by atoms with van der Waals surface area (Å²) in [6.45, 7) is 5.49. The van der Waals surface area contributed by atoms with Gasteiger partial charge in [-0.05, 0) is 38.5 Å². The molecule has 4 nitrogen and oxygen atoms in total. The van der Waals surface area contributed by atoms with Gasteiger partial charge in [-0.25, -0.2) is 4.39 Å². The summed E-state index contributed by atoms with van der Waals surface area (Å²) in [6.07, 6.45) is 1.82. The summed E-state index contributed by atoms with van der Waals surface area (Å²) in [4.78, 5) is 12.2. The molecule has 3 unspecified atom stereocenters. The molecule has 1 aromatic rings. The summed E-state index contributed by atoms with van der Waals surface area (Å²) in [5.41, 5.74) is 5.71. The van der Waals surface area contributed by atoms with Crippen LogP contribution in [-0.4, -0.2) is 21.4 Å². The fourth-order valence-electron chi connectivity index (χ4n) is 1.87. The zero-order chi connectivity index (χ0) is 15.3. The molecule has 1 rings (SSSR count). The molecule has 0 aliphatic carbocycles. The van der Waals surface area contributed by atoms with Crippen molar-refractivity contribution < 1.29 is 13.4 Å². The molecule has 20 heavy (non-hydrogen) atoms. The van der Waals surface area contributed by atoms with E-state index in [1.807, 2.05) is 13.8 Å². The molecule has 0 aromatic heterocycles. The van der Waals surface area contributed by atoms with Gasteiger partial charge in [0.2, 0.25) is 5.91 Å². The number of amides is 1. The lowest BCUT2D eigenvalue weighted by Gasteiger charge is -2.17. The van der Waals surface area contributed by atoms with Gasteiger partial charge in [0.15, 0.2) is 0 Å². The van der Waals surface area contributed by atoms with Crippen LogP contribution in [0.25, 0.3) is 0 Å². The average Bonchev–Trinajstić information content (AvgIpc) is 2.35. The largest absolute Gasteiger partial charge is 0.399 e. The minimum Gasteiger partial charge on any atom is -0.399 e. The molecule has 0 saturated carbocycles. The van der Waals surface area contributed by atoms with Gasteiger partial charge in [-0.2, -0.15) is 0 Å². The van der Waals surface area contributed by atoms with Crippen LogP contribution in [0.2, 0.25) is 0 Å². The van der Waals surface area contributed by atoms with Crippen molar-refractivity contribution in [3.63, 3.8) is 0 Å². The normalized spacial score (nSPS) is 15.4. The molecular formula is C14H21FN2O2S. The van der Waals surface area contributed by atoms with Crippen molar-refractivity contribution in [3.05, 3.63) is 24.0 Å². The first-order chi connectivity index (χ1) is 9.35.